The second-order valence-electron chi connectivity index (χ2n) is 4.51. The average molecular weight is 346 g/mol. The highest BCUT2D eigenvalue weighted by molar-refractivity contribution is 7.91. The molecule has 0 atom stereocenters. The van der Waals surface area contributed by atoms with Gasteiger partial charge in [-0.05, 0) is 38.1 Å². The maximum atomic E-state index is 12.2. The first kappa shape index (κ1) is 16.6. The Balaban J connectivity index is 1.89. The van der Waals surface area contributed by atoms with Gasteiger partial charge in [0.15, 0.2) is 0 Å². The number of thiazole rings is 1. The van der Waals surface area contributed by atoms with Gasteiger partial charge in [0.25, 0.3) is 0 Å². The summed E-state index contributed by atoms with van der Waals surface area (Å²) in [6.45, 7) is 4.28. The number of sulfonamides is 1. The van der Waals surface area contributed by atoms with Crippen LogP contribution in [0.1, 0.15) is 23.1 Å². The number of hydrogen-bond donors (Lipinski definition) is 2. The molecule has 8 heteroatoms. The van der Waals surface area contributed by atoms with Crippen LogP contribution in [-0.2, 0) is 23.0 Å². The highest BCUT2D eigenvalue weighted by atomic mass is 32.2. The van der Waals surface area contributed by atoms with E-state index in [1.165, 1.54) is 22.7 Å². The van der Waals surface area contributed by atoms with Crippen molar-refractivity contribution in [1.29, 1.82) is 0 Å². The zero-order valence-electron chi connectivity index (χ0n) is 11.8. The molecular formula is C13H19N3O2S3. The van der Waals surface area contributed by atoms with E-state index >= 15 is 0 Å². The molecule has 0 aliphatic rings. The summed E-state index contributed by atoms with van der Waals surface area (Å²) < 4.78 is 27.3. The van der Waals surface area contributed by atoms with Gasteiger partial charge in [-0.15, -0.1) is 22.7 Å². The number of thiophene rings is 1. The molecule has 116 valence electrons. The van der Waals surface area contributed by atoms with Crippen molar-refractivity contribution in [3.8, 4) is 0 Å². The summed E-state index contributed by atoms with van der Waals surface area (Å²) in [5.41, 5.74) is 1.69. The number of hydrogen-bond acceptors (Lipinski definition) is 6. The summed E-state index contributed by atoms with van der Waals surface area (Å²) in [5.74, 6) is 0. The monoisotopic (exact) mass is 345 g/mol. The van der Waals surface area contributed by atoms with Gasteiger partial charge < -0.3 is 5.32 Å². The van der Waals surface area contributed by atoms with E-state index < -0.39 is 10.0 Å². The Morgan fingerprint density at radius 3 is 2.81 bits per heavy atom. The van der Waals surface area contributed by atoms with Crippen molar-refractivity contribution in [2.75, 3.05) is 13.1 Å². The summed E-state index contributed by atoms with van der Waals surface area (Å²) in [6, 6.07) is 3.56. The van der Waals surface area contributed by atoms with Gasteiger partial charge in [-0.25, -0.2) is 13.1 Å². The largest absolute Gasteiger partial charge is 0.316 e. The van der Waals surface area contributed by atoms with Crippen molar-refractivity contribution in [3.05, 3.63) is 33.6 Å². The van der Waals surface area contributed by atoms with E-state index in [-0.39, 0.29) is 6.54 Å². The smallest absolute Gasteiger partial charge is 0.250 e. The molecule has 0 aromatic carbocycles. The third kappa shape index (κ3) is 5.15. The maximum absolute atomic E-state index is 12.2. The SMILES string of the molecule is CCCNCCc1ccc(S(=O)(=O)NCc2cncs2)s1. The molecule has 2 heterocycles. The molecule has 0 aliphatic heterocycles. The van der Waals surface area contributed by atoms with E-state index in [2.05, 4.69) is 21.9 Å². The molecular weight excluding hydrogens is 326 g/mol. The number of aromatic nitrogens is 1. The topological polar surface area (TPSA) is 71.1 Å². The normalized spacial score (nSPS) is 11.9. The Bertz CT molecular complexity index is 635. The second kappa shape index (κ2) is 8.00. The third-order valence-electron chi connectivity index (χ3n) is 2.80. The van der Waals surface area contributed by atoms with Crippen LogP contribution in [0.25, 0.3) is 0 Å². The molecule has 0 unspecified atom stereocenters. The molecule has 0 fully saturated rings. The number of nitrogens with one attached hydrogen (secondary N) is 2. The lowest BCUT2D eigenvalue weighted by molar-refractivity contribution is 0.584. The summed E-state index contributed by atoms with van der Waals surface area (Å²) in [7, 11) is -3.42. The van der Waals surface area contributed by atoms with Crippen molar-refractivity contribution in [1.82, 2.24) is 15.0 Å². The molecule has 0 aliphatic carbocycles. The van der Waals surface area contributed by atoms with E-state index in [1.54, 1.807) is 17.8 Å². The Morgan fingerprint density at radius 1 is 1.24 bits per heavy atom. The molecule has 2 N–H and O–H groups in total. The quantitative estimate of drug-likeness (QED) is 0.684. The lowest BCUT2D eigenvalue weighted by Gasteiger charge is -2.02. The number of nitrogens with zero attached hydrogens (tertiary/aromatic N) is 1. The first-order valence-electron chi connectivity index (χ1n) is 6.78. The molecule has 0 radical (unpaired) electrons. The van der Waals surface area contributed by atoms with Crippen LogP contribution in [0, 0.1) is 0 Å². The van der Waals surface area contributed by atoms with E-state index in [4.69, 9.17) is 0 Å². The number of rotatable bonds is 9. The van der Waals surface area contributed by atoms with Gasteiger partial charge in [0.05, 0.1) is 5.51 Å². The Kier molecular flexibility index (Phi) is 6.31. The molecule has 2 aromatic heterocycles. The van der Waals surface area contributed by atoms with Crippen LogP contribution in [0.2, 0.25) is 0 Å². The molecule has 5 nitrogen and oxygen atoms in total. The predicted octanol–water partition coefficient (Wildman–Crippen LogP) is 2.23. The van der Waals surface area contributed by atoms with Gasteiger partial charge in [-0.3, -0.25) is 4.98 Å². The molecule has 0 spiro atoms. The van der Waals surface area contributed by atoms with E-state index in [0.29, 0.717) is 4.21 Å². The zero-order chi connectivity index (χ0) is 15.1. The summed E-state index contributed by atoms with van der Waals surface area (Å²) in [4.78, 5) is 5.91. The first-order chi connectivity index (χ1) is 10.1. The second-order valence-corrected chi connectivity index (χ2v) is 8.65. The van der Waals surface area contributed by atoms with E-state index in [1.807, 2.05) is 6.07 Å². The lowest BCUT2D eigenvalue weighted by Crippen LogP contribution is -2.21. The van der Waals surface area contributed by atoms with Gasteiger partial charge in [-0.2, -0.15) is 0 Å². The van der Waals surface area contributed by atoms with Crippen molar-refractivity contribution < 1.29 is 8.42 Å². The molecule has 0 saturated carbocycles. The fourth-order valence-electron chi connectivity index (χ4n) is 1.72. The van der Waals surface area contributed by atoms with Gasteiger partial charge in [0.1, 0.15) is 4.21 Å². The minimum absolute atomic E-state index is 0.290. The van der Waals surface area contributed by atoms with E-state index in [9.17, 15) is 8.42 Å². The Labute approximate surface area is 133 Å². The predicted molar refractivity (Wildman–Crippen MR) is 87.3 cm³/mol. The molecule has 2 aromatic rings. The minimum atomic E-state index is -3.42. The van der Waals surface area contributed by atoms with Crippen LogP contribution in [0.3, 0.4) is 0 Å². The fourth-order valence-corrected chi connectivity index (χ4v) is 4.75. The molecule has 0 amide bonds. The average Bonchev–Trinajstić information content (AvgIpc) is 3.13. The third-order valence-corrected chi connectivity index (χ3v) is 6.61. The Hall–Kier alpha value is -0.800. The van der Waals surface area contributed by atoms with Crippen LogP contribution in [0.5, 0.6) is 0 Å². The Morgan fingerprint density at radius 2 is 2.10 bits per heavy atom. The van der Waals surface area contributed by atoms with Gasteiger partial charge >= 0.3 is 0 Å². The van der Waals surface area contributed by atoms with Crippen molar-refractivity contribution in [3.63, 3.8) is 0 Å². The minimum Gasteiger partial charge on any atom is -0.316 e. The first-order valence-corrected chi connectivity index (χ1v) is 9.96. The molecule has 2 rings (SSSR count). The summed E-state index contributed by atoms with van der Waals surface area (Å²) in [5, 5.41) is 3.31. The molecule has 21 heavy (non-hydrogen) atoms. The van der Waals surface area contributed by atoms with Gasteiger partial charge in [0.2, 0.25) is 10.0 Å². The van der Waals surface area contributed by atoms with Crippen molar-refractivity contribution >= 4 is 32.7 Å². The van der Waals surface area contributed by atoms with Crippen LogP contribution >= 0.6 is 22.7 Å². The van der Waals surface area contributed by atoms with Crippen LogP contribution < -0.4 is 10.0 Å². The van der Waals surface area contributed by atoms with Crippen molar-refractivity contribution in [2.24, 2.45) is 0 Å². The standard InChI is InChI=1S/C13H19N3O2S3/c1-2-6-14-7-5-11-3-4-13(20-11)21(17,18)16-9-12-8-15-10-19-12/h3-4,8,10,14,16H,2,5-7,9H2,1H3. The molecule has 0 saturated heterocycles. The van der Waals surface area contributed by atoms with Crippen molar-refractivity contribution in [2.45, 2.75) is 30.5 Å². The van der Waals surface area contributed by atoms with Crippen LogP contribution in [0.4, 0.5) is 0 Å². The van der Waals surface area contributed by atoms with Crippen LogP contribution in [0.15, 0.2) is 28.0 Å². The van der Waals surface area contributed by atoms with Crippen LogP contribution in [-0.4, -0.2) is 26.5 Å². The highest BCUT2D eigenvalue weighted by Crippen LogP contribution is 2.22. The van der Waals surface area contributed by atoms with Gasteiger partial charge in [-0.1, -0.05) is 6.92 Å². The zero-order valence-corrected chi connectivity index (χ0v) is 14.3. The maximum Gasteiger partial charge on any atom is 0.250 e. The fraction of sp³-hybridized carbons (Fsp3) is 0.462. The summed E-state index contributed by atoms with van der Waals surface area (Å²) in [6.07, 6.45) is 3.63. The summed E-state index contributed by atoms with van der Waals surface area (Å²) >= 11 is 2.77. The lowest BCUT2D eigenvalue weighted by atomic mass is 10.3. The van der Waals surface area contributed by atoms with Gasteiger partial charge in [0, 0.05) is 22.5 Å². The highest BCUT2D eigenvalue weighted by Gasteiger charge is 2.16. The van der Waals surface area contributed by atoms with E-state index in [0.717, 1.165) is 35.7 Å². The molecule has 0 bridgehead atoms.